The molecule has 2 atom stereocenters. The van der Waals surface area contributed by atoms with Gasteiger partial charge in [-0.05, 0) is 24.3 Å². The Labute approximate surface area is 145 Å². The van der Waals surface area contributed by atoms with Crippen molar-refractivity contribution in [3.8, 4) is 11.5 Å². The lowest BCUT2D eigenvalue weighted by atomic mass is 10.2. The van der Waals surface area contributed by atoms with Crippen molar-refractivity contribution in [3.05, 3.63) is 54.6 Å². The maximum atomic E-state index is 12.9. The molecule has 0 saturated carbocycles. The Hall–Kier alpha value is -2.42. The average Bonchev–Trinajstić information content (AvgIpc) is 3.13. The van der Waals surface area contributed by atoms with Crippen molar-refractivity contribution in [2.75, 3.05) is 6.61 Å². The predicted octanol–water partition coefficient (Wildman–Crippen LogP) is 1.92. The van der Waals surface area contributed by atoms with Crippen LogP contribution in [0.5, 0.6) is 11.5 Å². The maximum absolute atomic E-state index is 12.9. The second-order valence-corrected chi connectivity index (χ2v) is 7.76. The van der Waals surface area contributed by atoms with Gasteiger partial charge in [-0.15, -0.1) is 0 Å². The Bertz CT molecular complexity index is 852. The minimum absolute atomic E-state index is 0.0333. The highest BCUT2D eigenvalue weighted by Crippen LogP contribution is 2.33. The molecule has 1 amide bonds. The molecule has 0 bridgehead atoms. The number of hydrogen-bond acceptors (Lipinski definition) is 6. The van der Waals surface area contributed by atoms with E-state index in [0.29, 0.717) is 5.75 Å². The first-order valence-corrected chi connectivity index (χ1v) is 9.18. The van der Waals surface area contributed by atoms with Crippen molar-refractivity contribution in [1.29, 1.82) is 0 Å². The van der Waals surface area contributed by atoms with Crippen LogP contribution in [0, 0.1) is 0 Å². The molecule has 1 aliphatic rings. The number of carbonyl (C=O) groups is 1. The zero-order chi connectivity index (χ0) is 17.9. The largest absolute Gasteiger partial charge is 0.456 e. The van der Waals surface area contributed by atoms with Gasteiger partial charge in [-0.3, -0.25) is 10.0 Å². The predicted molar refractivity (Wildman–Crippen MR) is 88.2 cm³/mol. The Morgan fingerprint density at radius 3 is 2.52 bits per heavy atom. The molecule has 0 spiro atoms. The van der Waals surface area contributed by atoms with Crippen molar-refractivity contribution >= 4 is 15.7 Å². The number of carbonyl (C=O) groups excluding carboxylic acids is 1. The van der Waals surface area contributed by atoms with Crippen LogP contribution < -0.4 is 10.2 Å². The van der Waals surface area contributed by atoms with Gasteiger partial charge in [0.25, 0.3) is 5.91 Å². The molecule has 132 valence electrons. The van der Waals surface area contributed by atoms with Crippen molar-refractivity contribution in [2.24, 2.45) is 0 Å². The molecule has 1 fully saturated rings. The van der Waals surface area contributed by atoms with Crippen LogP contribution in [-0.4, -0.2) is 37.5 Å². The van der Waals surface area contributed by atoms with Crippen molar-refractivity contribution in [2.45, 2.75) is 22.7 Å². The topological polar surface area (TPSA) is 102 Å². The number of hydroxylamine groups is 1. The van der Waals surface area contributed by atoms with E-state index in [4.69, 9.17) is 14.7 Å². The maximum Gasteiger partial charge on any atom is 0.272 e. The van der Waals surface area contributed by atoms with Gasteiger partial charge in [-0.1, -0.05) is 30.3 Å². The van der Waals surface area contributed by atoms with Crippen LogP contribution >= 0.6 is 0 Å². The van der Waals surface area contributed by atoms with Crippen LogP contribution in [0.3, 0.4) is 0 Å². The zero-order valence-corrected chi connectivity index (χ0v) is 14.0. The molecule has 0 aliphatic carbocycles. The Morgan fingerprint density at radius 1 is 1.12 bits per heavy atom. The molecule has 2 aromatic rings. The van der Waals surface area contributed by atoms with Gasteiger partial charge in [0, 0.05) is 6.42 Å². The summed E-state index contributed by atoms with van der Waals surface area (Å²) >= 11 is 0. The quantitative estimate of drug-likeness (QED) is 0.622. The van der Waals surface area contributed by atoms with E-state index in [9.17, 15) is 13.2 Å². The zero-order valence-electron chi connectivity index (χ0n) is 13.2. The number of para-hydroxylation sites is 2. The van der Waals surface area contributed by atoms with Gasteiger partial charge in [0.05, 0.1) is 11.9 Å². The summed E-state index contributed by atoms with van der Waals surface area (Å²) in [6, 6.07) is 15.2. The summed E-state index contributed by atoms with van der Waals surface area (Å²) in [6.45, 7) is -0.125. The smallest absolute Gasteiger partial charge is 0.272 e. The minimum Gasteiger partial charge on any atom is -0.456 e. The standard InChI is InChI=1S/C17H17NO6S/c19-17(18-20)15-10-13(11-23-15)25(21,22)16-9-5-4-8-14(16)24-12-6-2-1-3-7-12/h1-9,13,15,20H,10-11H2,(H,18,19). The van der Waals surface area contributed by atoms with Crippen LogP contribution in [0.2, 0.25) is 0 Å². The third-order valence-corrected chi connectivity index (χ3v) is 6.08. The van der Waals surface area contributed by atoms with Gasteiger partial charge in [-0.2, -0.15) is 0 Å². The van der Waals surface area contributed by atoms with Gasteiger partial charge in [0.1, 0.15) is 22.5 Å². The first-order valence-electron chi connectivity index (χ1n) is 7.63. The minimum atomic E-state index is -3.78. The number of hydrogen-bond donors (Lipinski definition) is 2. The van der Waals surface area contributed by atoms with E-state index in [1.54, 1.807) is 42.5 Å². The number of benzene rings is 2. The van der Waals surface area contributed by atoms with E-state index in [1.807, 2.05) is 6.07 Å². The summed E-state index contributed by atoms with van der Waals surface area (Å²) in [6.07, 6.45) is -1.03. The second kappa shape index (κ2) is 7.22. The molecule has 2 unspecified atom stereocenters. The lowest BCUT2D eigenvalue weighted by molar-refractivity contribution is -0.138. The number of nitrogens with one attached hydrogen (secondary N) is 1. The fraction of sp³-hybridized carbons (Fsp3) is 0.235. The second-order valence-electron chi connectivity index (χ2n) is 5.56. The molecule has 3 rings (SSSR count). The summed E-state index contributed by atoms with van der Waals surface area (Å²) in [4.78, 5) is 11.5. The fourth-order valence-corrected chi connectivity index (χ4v) is 4.34. The molecule has 0 radical (unpaired) electrons. The van der Waals surface area contributed by atoms with E-state index in [0.717, 1.165) is 0 Å². The number of amides is 1. The molecule has 1 saturated heterocycles. The van der Waals surface area contributed by atoms with Gasteiger partial charge in [0.2, 0.25) is 0 Å². The third kappa shape index (κ3) is 3.65. The van der Waals surface area contributed by atoms with Crippen LogP contribution in [-0.2, 0) is 19.4 Å². The van der Waals surface area contributed by atoms with E-state index in [1.165, 1.54) is 11.5 Å². The van der Waals surface area contributed by atoms with Gasteiger partial charge >= 0.3 is 0 Å². The summed E-state index contributed by atoms with van der Waals surface area (Å²) in [5.74, 6) is -0.0272. The summed E-state index contributed by atoms with van der Waals surface area (Å²) in [7, 11) is -3.78. The van der Waals surface area contributed by atoms with Crippen molar-refractivity contribution in [3.63, 3.8) is 0 Å². The van der Waals surface area contributed by atoms with Crippen LogP contribution in [0.1, 0.15) is 6.42 Å². The van der Waals surface area contributed by atoms with Gasteiger partial charge in [0.15, 0.2) is 9.84 Å². The lowest BCUT2D eigenvalue weighted by Gasteiger charge is -2.14. The molecule has 2 aromatic carbocycles. The van der Waals surface area contributed by atoms with E-state index >= 15 is 0 Å². The number of rotatable bonds is 5. The fourth-order valence-electron chi connectivity index (χ4n) is 2.63. The highest BCUT2D eigenvalue weighted by molar-refractivity contribution is 7.92. The van der Waals surface area contributed by atoms with Crippen molar-refractivity contribution in [1.82, 2.24) is 5.48 Å². The summed E-state index contributed by atoms with van der Waals surface area (Å²) in [5, 5.41) is 7.77. The molecule has 0 aromatic heterocycles. The molecule has 7 nitrogen and oxygen atoms in total. The number of sulfone groups is 1. The summed E-state index contributed by atoms with van der Waals surface area (Å²) < 4.78 is 36.8. The molecule has 25 heavy (non-hydrogen) atoms. The van der Waals surface area contributed by atoms with Gasteiger partial charge < -0.3 is 9.47 Å². The van der Waals surface area contributed by atoms with Crippen LogP contribution in [0.25, 0.3) is 0 Å². The number of ether oxygens (including phenoxy) is 2. The molecular formula is C17H17NO6S. The molecule has 2 N–H and O–H groups in total. The highest BCUT2D eigenvalue weighted by atomic mass is 32.2. The monoisotopic (exact) mass is 363 g/mol. The molecule has 1 aliphatic heterocycles. The Balaban J connectivity index is 1.87. The lowest BCUT2D eigenvalue weighted by Crippen LogP contribution is -2.32. The van der Waals surface area contributed by atoms with E-state index < -0.39 is 27.1 Å². The Morgan fingerprint density at radius 2 is 1.80 bits per heavy atom. The van der Waals surface area contributed by atoms with E-state index in [2.05, 4.69) is 0 Å². The summed E-state index contributed by atoms with van der Waals surface area (Å²) in [5.41, 5.74) is 1.48. The SMILES string of the molecule is O=C(NO)C1CC(S(=O)(=O)c2ccccc2Oc2ccccc2)CO1. The molecule has 8 heteroatoms. The van der Waals surface area contributed by atoms with Crippen molar-refractivity contribution < 1.29 is 27.9 Å². The van der Waals surface area contributed by atoms with E-state index in [-0.39, 0.29) is 23.7 Å². The Kier molecular flexibility index (Phi) is 5.03. The van der Waals surface area contributed by atoms with Crippen LogP contribution in [0.15, 0.2) is 59.5 Å². The first kappa shape index (κ1) is 17.4. The molecular weight excluding hydrogens is 346 g/mol. The first-order chi connectivity index (χ1) is 12.0. The third-order valence-electron chi connectivity index (χ3n) is 3.93. The van der Waals surface area contributed by atoms with Crippen LogP contribution in [0.4, 0.5) is 0 Å². The highest BCUT2D eigenvalue weighted by Gasteiger charge is 2.40. The normalized spacial score (nSPS) is 20.2. The average molecular weight is 363 g/mol. The van der Waals surface area contributed by atoms with Gasteiger partial charge in [-0.25, -0.2) is 13.9 Å². The molecule has 1 heterocycles.